The number of nitrogens with one attached hydrogen (secondary N) is 1. The van der Waals surface area contributed by atoms with Crippen molar-refractivity contribution in [2.75, 3.05) is 5.32 Å². The van der Waals surface area contributed by atoms with E-state index in [0.717, 1.165) is 14.8 Å². The molecule has 0 amide bonds. The van der Waals surface area contributed by atoms with Crippen LogP contribution in [0.25, 0.3) is 0 Å². The van der Waals surface area contributed by atoms with Crippen molar-refractivity contribution in [1.29, 1.82) is 0 Å². The van der Waals surface area contributed by atoms with Gasteiger partial charge in [-0.1, -0.05) is 13.8 Å². The molecule has 0 aliphatic heterocycles. The highest BCUT2D eigenvalue weighted by Gasteiger charge is 2.31. The monoisotopic (exact) mass is 346 g/mol. The number of nitrogens with zero attached hydrogens (tertiary/aromatic N) is 1. The fraction of sp³-hybridized carbons (Fsp3) is 0.583. The lowest BCUT2D eigenvalue weighted by Crippen LogP contribution is -2.18. The van der Waals surface area contributed by atoms with E-state index in [1.807, 2.05) is 12.3 Å². The van der Waals surface area contributed by atoms with Gasteiger partial charge in [0.2, 0.25) is 0 Å². The Balaban J connectivity index is 2.05. The van der Waals surface area contributed by atoms with Crippen LogP contribution in [0.4, 0.5) is 5.82 Å². The summed E-state index contributed by atoms with van der Waals surface area (Å²) in [5.74, 6) is 0.950. The first-order valence-corrected chi connectivity index (χ1v) is 7.12. The summed E-state index contributed by atoms with van der Waals surface area (Å²) in [7, 11) is 0. The molecule has 4 heteroatoms. The van der Waals surface area contributed by atoms with E-state index in [1.54, 1.807) is 0 Å². The number of pyridine rings is 1. The average molecular weight is 348 g/mol. The van der Waals surface area contributed by atoms with Crippen LogP contribution in [0.15, 0.2) is 21.2 Å². The maximum Gasteiger partial charge on any atom is 0.140 e. The Kier molecular flexibility index (Phi) is 3.59. The Hall–Kier alpha value is -0.0900. The van der Waals surface area contributed by atoms with E-state index < -0.39 is 0 Å². The maximum absolute atomic E-state index is 4.38. The topological polar surface area (TPSA) is 24.9 Å². The molecule has 1 aromatic rings. The van der Waals surface area contributed by atoms with Gasteiger partial charge in [-0.25, -0.2) is 4.98 Å². The van der Waals surface area contributed by atoms with E-state index in [0.29, 0.717) is 11.5 Å². The van der Waals surface area contributed by atoms with Gasteiger partial charge in [0, 0.05) is 16.7 Å². The minimum atomic E-state index is 0.472. The highest BCUT2D eigenvalue weighted by Crippen LogP contribution is 2.38. The van der Waals surface area contributed by atoms with Crippen LogP contribution in [0.1, 0.15) is 33.1 Å². The van der Waals surface area contributed by atoms with Crippen molar-refractivity contribution in [3.05, 3.63) is 21.2 Å². The molecule has 88 valence electrons. The molecule has 0 bridgehead atoms. The number of aromatic nitrogens is 1. The van der Waals surface area contributed by atoms with E-state index in [1.165, 1.54) is 19.3 Å². The Morgan fingerprint density at radius 1 is 1.44 bits per heavy atom. The Morgan fingerprint density at radius 2 is 2.19 bits per heavy atom. The second kappa shape index (κ2) is 4.65. The van der Waals surface area contributed by atoms with Crippen LogP contribution in [0.2, 0.25) is 0 Å². The Labute approximate surface area is 113 Å². The minimum Gasteiger partial charge on any atom is -0.366 e. The average Bonchev–Trinajstić information content (AvgIpc) is 2.51. The van der Waals surface area contributed by atoms with Crippen molar-refractivity contribution in [2.24, 2.45) is 5.41 Å². The predicted molar refractivity (Wildman–Crippen MR) is 74.7 cm³/mol. The van der Waals surface area contributed by atoms with Crippen LogP contribution in [-0.2, 0) is 0 Å². The molecule has 1 aliphatic carbocycles. The zero-order valence-electron chi connectivity index (χ0n) is 9.56. The summed E-state index contributed by atoms with van der Waals surface area (Å²) >= 11 is 6.93. The van der Waals surface area contributed by atoms with Crippen LogP contribution in [-0.4, -0.2) is 11.0 Å². The highest BCUT2D eigenvalue weighted by atomic mass is 79.9. The Bertz CT molecular complexity index is 391. The van der Waals surface area contributed by atoms with Gasteiger partial charge in [-0.3, -0.25) is 0 Å². The first kappa shape index (κ1) is 12.4. The second-order valence-electron chi connectivity index (χ2n) is 5.23. The normalized spacial score (nSPS) is 23.4. The third kappa shape index (κ3) is 2.98. The van der Waals surface area contributed by atoms with Crippen molar-refractivity contribution in [2.45, 2.75) is 39.2 Å². The quantitative estimate of drug-likeness (QED) is 0.845. The lowest BCUT2D eigenvalue weighted by atomic mass is 9.92. The number of anilines is 1. The van der Waals surface area contributed by atoms with Crippen molar-refractivity contribution in [1.82, 2.24) is 4.98 Å². The van der Waals surface area contributed by atoms with Crippen LogP contribution < -0.4 is 5.32 Å². The molecule has 1 atom stereocenters. The number of halogens is 2. The Morgan fingerprint density at radius 3 is 2.75 bits per heavy atom. The van der Waals surface area contributed by atoms with Crippen molar-refractivity contribution in [3.8, 4) is 0 Å². The smallest absolute Gasteiger partial charge is 0.140 e. The molecule has 0 saturated heterocycles. The first-order chi connectivity index (χ1) is 7.46. The van der Waals surface area contributed by atoms with E-state index in [4.69, 9.17) is 0 Å². The van der Waals surface area contributed by atoms with Crippen molar-refractivity contribution in [3.63, 3.8) is 0 Å². The zero-order valence-corrected chi connectivity index (χ0v) is 12.7. The van der Waals surface area contributed by atoms with E-state index >= 15 is 0 Å². The first-order valence-electron chi connectivity index (χ1n) is 5.54. The van der Waals surface area contributed by atoms with Gasteiger partial charge < -0.3 is 5.32 Å². The van der Waals surface area contributed by atoms with Crippen LogP contribution in [0.5, 0.6) is 0 Å². The third-order valence-corrected chi connectivity index (χ3v) is 4.16. The van der Waals surface area contributed by atoms with Crippen molar-refractivity contribution < 1.29 is 0 Å². The molecular weight excluding hydrogens is 332 g/mol. The third-order valence-electron chi connectivity index (χ3n) is 3.12. The minimum absolute atomic E-state index is 0.472. The van der Waals surface area contributed by atoms with Gasteiger partial charge in [-0.05, 0) is 62.6 Å². The van der Waals surface area contributed by atoms with Gasteiger partial charge >= 0.3 is 0 Å². The summed E-state index contributed by atoms with van der Waals surface area (Å²) in [6.07, 6.45) is 5.57. The molecule has 1 aromatic heterocycles. The summed E-state index contributed by atoms with van der Waals surface area (Å²) in [6.45, 7) is 4.66. The molecule has 2 nitrogen and oxygen atoms in total. The fourth-order valence-corrected chi connectivity index (χ4v) is 3.38. The number of hydrogen-bond donors (Lipinski definition) is 1. The molecular formula is C12H16Br2N2. The van der Waals surface area contributed by atoms with E-state index in [9.17, 15) is 0 Å². The molecule has 1 heterocycles. The molecule has 1 saturated carbocycles. The molecule has 1 fully saturated rings. The predicted octanol–water partition coefficient (Wildman–Crippen LogP) is 4.60. The molecule has 2 rings (SSSR count). The van der Waals surface area contributed by atoms with Crippen LogP contribution >= 0.6 is 31.9 Å². The number of hydrogen-bond acceptors (Lipinski definition) is 2. The van der Waals surface area contributed by atoms with Gasteiger partial charge in [0.25, 0.3) is 0 Å². The van der Waals surface area contributed by atoms with Gasteiger partial charge in [-0.15, -0.1) is 0 Å². The molecule has 0 aromatic carbocycles. The summed E-state index contributed by atoms with van der Waals surface area (Å²) < 4.78 is 2.02. The van der Waals surface area contributed by atoms with Gasteiger partial charge in [0.1, 0.15) is 5.82 Å². The highest BCUT2D eigenvalue weighted by molar-refractivity contribution is 9.11. The van der Waals surface area contributed by atoms with Crippen LogP contribution in [0, 0.1) is 5.41 Å². The largest absolute Gasteiger partial charge is 0.366 e. The zero-order chi connectivity index (χ0) is 11.8. The van der Waals surface area contributed by atoms with Crippen LogP contribution in [0.3, 0.4) is 0 Å². The van der Waals surface area contributed by atoms with Gasteiger partial charge in [0.15, 0.2) is 0 Å². The standard InChI is InChI=1S/C12H16Br2N2/c1-12(2)4-3-9(6-12)16-11-10(14)5-8(13)7-15-11/h5,7,9H,3-4,6H2,1-2H3,(H,15,16). The van der Waals surface area contributed by atoms with Crippen molar-refractivity contribution >= 4 is 37.7 Å². The molecule has 0 spiro atoms. The van der Waals surface area contributed by atoms with E-state index in [-0.39, 0.29) is 0 Å². The summed E-state index contributed by atoms with van der Waals surface area (Å²) in [6, 6.07) is 2.58. The molecule has 0 radical (unpaired) electrons. The lowest BCUT2D eigenvalue weighted by molar-refractivity contribution is 0.378. The summed E-state index contributed by atoms with van der Waals surface area (Å²) in [5, 5.41) is 3.51. The SMILES string of the molecule is CC1(C)CCC(Nc2ncc(Br)cc2Br)C1. The number of rotatable bonds is 2. The second-order valence-corrected chi connectivity index (χ2v) is 7.00. The maximum atomic E-state index is 4.38. The fourth-order valence-electron chi connectivity index (χ4n) is 2.27. The lowest BCUT2D eigenvalue weighted by Gasteiger charge is -2.18. The van der Waals surface area contributed by atoms with Gasteiger partial charge in [-0.2, -0.15) is 0 Å². The molecule has 1 N–H and O–H groups in total. The van der Waals surface area contributed by atoms with Gasteiger partial charge in [0.05, 0.1) is 4.47 Å². The molecule has 16 heavy (non-hydrogen) atoms. The summed E-state index contributed by atoms with van der Waals surface area (Å²) in [4.78, 5) is 4.38. The summed E-state index contributed by atoms with van der Waals surface area (Å²) in [5.41, 5.74) is 0.472. The molecule has 1 unspecified atom stereocenters. The molecule has 1 aliphatic rings. The van der Waals surface area contributed by atoms with E-state index in [2.05, 4.69) is 56.0 Å².